The van der Waals surface area contributed by atoms with Crippen LogP contribution in [0.15, 0.2) is 51.7 Å². The summed E-state index contributed by atoms with van der Waals surface area (Å²) in [5.74, 6) is 0. The Morgan fingerprint density at radius 3 is 2.58 bits per heavy atom. The molecule has 7 heteroatoms. The first-order chi connectivity index (χ1) is 9.05. The number of nitrogens with two attached hydrogens (primary N) is 1. The first kappa shape index (κ1) is 13.7. The molecule has 2 rings (SSSR count). The Hall–Kier alpha value is -1.73. The summed E-state index contributed by atoms with van der Waals surface area (Å²) in [6.07, 6.45) is 6.32. The quantitative estimate of drug-likeness (QED) is 0.678. The molecule has 0 unspecified atom stereocenters. The summed E-state index contributed by atoms with van der Waals surface area (Å²) in [5.41, 5.74) is 0.598. The largest absolute Gasteiger partial charge is 0.275 e. The molecular formula is C12H16N4O2S. The summed E-state index contributed by atoms with van der Waals surface area (Å²) in [4.78, 5) is 0.0733. The Morgan fingerprint density at radius 2 is 1.89 bits per heavy atom. The van der Waals surface area contributed by atoms with Gasteiger partial charge < -0.3 is 0 Å². The first-order valence-electron chi connectivity index (χ1n) is 6.00. The van der Waals surface area contributed by atoms with Crippen molar-refractivity contribution in [2.24, 2.45) is 15.5 Å². The van der Waals surface area contributed by atoms with E-state index in [4.69, 9.17) is 5.14 Å². The maximum absolute atomic E-state index is 11.1. The van der Waals surface area contributed by atoms with Gasteiger partial charge in [0.2, 0.25) is 10.0 Å². The van der Waals surface area contributed by atoms with Crippen molar-refractivity contribution in [3.05, 3.63) is 36.4 Å². The molecule has 0 fully saturated rings. The van der Waals surface area contributed by atoms with Crippen molar-refractivity contribution in [1.82, 2.24) is 5.01 Å². The highest BCUT2D eigenvalue weighted by molar-refractivity contribution is 7.89. The zero-order valence-electron chi connectivity index (χ0n) is 10.4. The van der Waals surface area contributed by atoms with E-state index in [1.165, 1.54) is 12.1 Å². The maximum atomic E-state index is 11.1. The molecule has 1 aliphatic heterocycles. The highest BCUT2D eigenvalue weighted by atomic mass is 32.2. The topological polar surface area (TPSA) is 88.1 Å². The first-order valence-corrected chi connectivity index (χ1v) is 7.55. The molecule has 0 atom stereocenters. The Kier molecular flexibility index (Phi) is 4.28. The van der Waals surface area contributed by atoms with Crippen LogP contribution in [0.25, 0.3) is 0 Å². The fourth-order valence-corrected chi connectivity index (χ4v) is 2.21. The molecule has 1 aliphatic rings. The van der Waals surface area contributed by atoms with Gasteiger partial charge in [-0.2, -0.15) is 0 Å². The van der Waals surface area contributed by atoms with Gasteiger partial charge in [-0.05, 0) is 37.1 Å². The van der Waals surface area contributed by atoms with Gasteiger partial charge in [-0.25, -0.2) is 13.6 Å². The third kappa shape index (κ3) is 4.15. The maximum Gasteiger partial charge on any atom is 0.238 e. The van der Waals surface area contributed by atoms with Crippen LogP contribution in [0.3, 0.4) is 0 Å². The van der Waals surface area contributed by atoms with Crippen LogP contribution in [-0.2, 0) is 10.0 Å². The van der Waals surface area contributed by atoms with Gasteiger partial charge in [0.25, 0.3) is 0 Å². The summed E-state index contributed by atoms with van der Waals surface area (Å²) in [6.45, 7) is 1.62. The smallest absolute Gasteiger partial charge is 0.238 e. The second-order valence-corrected chi connectivity index (χ2v) is 5.82. The van der Waals surface area contributed by atoms with Crippen LogP contribution in [0.5, 0.6) is 0 Å². The predicted molar refractivity (Wildman–Crippen MR) is 72.3 cm³/mol. The number of hydrogen-bond donors (Lipinski definition) is 1. The van der Waals surface area contributed by atoms with E-state index in [1.54, 1.807) is 12.1 Å². The normalized spacial score (nSPS) is 16.8. The number of primary sulfonamides is 1. The second kappa shape index (κ2) is 5.94. The summed E-state index contributed by atoms with van der Waals surface area (Å²) >= 11 is 0. The minimum Gasteiger partial charge on any atom is -0.275 e. The minimum absolute atomic E-state index is 0.0733. The number of rotatable bonds is 3. The Labute approximate surface area is 112 Å². The van der Waals surface area contributed by atoms with E-state index in [-0.39, 0.29) is 4.90 Å². The van der Waals surface area contributed by atoms with Gasteiger partial charge in [0.05, 0.1) is 17.1 Å². The average Bonchev–Trinajstić information content (AvgIpc) is 2.64. The van der Waals surface area contributed by atoms with Crippen LogP contribution >= 0.6 is 0 Å². The van der Waals surface area contributed by atoms with E-state index in [0.717, 1.165) is 25.9 Å². The molecule has 1 aromatic carbocycles. The molecule has 0 amide bonds. The number of nitrogens with zero attached hydrogens (tertiary/aromatic N) is 3. The number of benzene rings is 1. The monoisotopic (exact) mass is 280 g/mol. The third-order valence-corrected chi connectivity index (χ3v) is 3.65. The van der Waals surface area contributed by atoms with Crippen molar-refractivity contribution in [2.45, 2.75) is 17.7 Å². The Morgan fingerprint density at radius 1 is 1.16 bits per heavy atom. The van der Waals surface area contributed by atoms with E-state index in [9.17, 15) is 8.42 Å². The lowest BCUT2D eigenvalue weighted by Gasteiger charge is -2.12. The molecule has 0 saturated carbocycles. The third-order valence-electron chi connectivity index (χ3n) is 2.72. The van der Waals surface area contributed by atoms with E-state index < -0.39 is 10.0 Å². The molecule has 1 heterocycles. The molecule has 0 saturated heterocycles. The van der Waals surface area contributed by atoms with Crippen LogP contribution in [-0.4, -0.2) is 26.5 Å². The zero-order chi connectivity index (χ0) is 13.7. The molecule has 102 valence electrons. The van der Waals surface area contributed by atoms with E-state index >= 15 is 0 Å². The van der Waals surface area contributed by atoms with Crippen LogP contribution in [0.4, 0.5) is 5.69 Å². The number of hydrogen-bond acceptors (Lipinski definition) is 4. The molecule has 0 bridgehead atoms. The summed E-state index contributed by atoms with van der Waals surface area (Å²) in [6, 6.07) is 6.01. The molecule has 0 radical (unpaired) electrons. The molecular weight excluding hydrogens is 264 g/mol. The molecule has 0 aromatic heterocycles. The molecule has 19 heavy (non-hydrogen) atoms. The Balaban J connectivity index is 2.05. The van der Waals surface area contributed by atoms with Crippen LogP contribution in [0, 0.1) is 0 Å². The van der Waals surface area contributed by atoms with Crippen molar-refractivity contribution < 1.29 is 8.42 Å². The van der Waals surface area contributed by atoms with Crippen molar-refractivity contribution in [2.75, 3.05) is 13.1 Å². The van der Waals surface area contributed by atoms with Crippen molar-refractivity contribution in [3.8, 4) is 0 Å². The highest BCUT2D eigenvalue weighted by Crippen LogP contribution is 2.16. The van der Waals surface area contributed by atoms with Crippen LogP contribution < -0.4 is 5.14 Å². The highest BCUT2D eigenvalue weighted by Gasteiger charge is 2.06. The minimum atomic E-state index is -3.65. The summed E-state index contributed by atoms with van der Waals surface area (Å²) in [5, 5.41) is 15.1. The van der Waals surface area contributed by atoms with Gasteiger partial charge in [0, 0.05) is 6.54 Å². The van der Waals surface area contributed by atoms with Gasteiger partial charge in [-0.3, -0.25) is 5.01 Å². The molecule has 6 nitrogen and oxygen atoms in total. The predicted octanol–water partition coefficient (Wildman–Crippen LogP) is 1.98. The Bertz CT molecular complexity index is 578. The van der Waals surface area contributed by atoms with Crippen LogP contribution in [0.1, 0.15) is 12.8 Å². The fraction of sp³-hybridized carbons (Fsp3) is 0.333. The molecule has 2 N–H and O–H groups in total. The van der Waals surface area contributed by atoms with E-state index in [0.29, 0.717) is 5.69 Å². The van der Waals surface area contributed by atoms with Crippen molar-refractivity contribution in [1.29, 1.82) is 0 Å². The van der Waals surface area contributed by atoms with Gasteiger partial charge in [0.15, 0.2) is 0 Å². The standard InChI is InChI=1S/C12H16N4O2S/c13-19(17,18)12-7-5-11(6-8-12)14-15-16-9-3-1-2-4-10-16/h1,3,5-8H,2,4,9-10H2,(H2,13,17,18). The second-order valence-electron chi connectivity index (χ2n) is 4.25. The van der Waals surface area contributed by atoms with Gasteiger partial charge >= 0.3 is 0 Å². The molecule has 0 aliphatic carbocycles. The summed E-state index contributed by atoms with van der Waals surface area (Å²) in [7, 11) is -3.65. The number of sulfonamides is 1. The van der Waals surface area contributed by atoms with E-state index in [2.05, 4.69) is 22.5 Å². The van der Waals surface area contributed by atoms with Gasteiger partial charge in [-0.1, -0.05) is 17.4 Å². The summed E-state index contributed by atoms with van der Waals surface area (Å²) < 4.78 is 22.2. The van der Waals surface area contributed by atoms with Gasteiger partial charge in [0.1, 0.15) is 0 Å². The lowest BCUT2D eigenvalue weighted by Crippen LogP contribution is -2.16. The molecule has 1 aromatic rings. The number of allylic oxidation sites excluding steroid dienone is 1. The van der Waals surface area contributed by atoms with Gasteiger partial charge in [-0.15, -0.1) is 5.11 Å². The van der Waals surface area contributed by atoms with Crippen molar-refractivity contribution in [3.63, 3.8) is 0 Å². The zero-order valence-corrected chi connectivity index (χ0v) is 11.3. The van der Waals surface area contributed by atoms with E-state index in [1.807, 2.05) is 5.01 Å². The lowest BCUT2D eigenvalue weighted by atomic mass is 10.3. The average molecular weight is 280 g/mol. The van der Waals surface area contributed by atoms with Crippen LogP contribution in [0.2, 0.25) is 0 Å². The van der Waals surface area contributed by atoms with Crippen molar-refractivity contribution >= 4 is 15.7 Å². The molecule has 0 spiro atoms. The fourth-order valence-electron chi connectivity index (χ4n) is 1.70. The SMILES string of the molecule is NS(=O)(=O)c1ccc(N=NN2CC=CCCC2)cc1. The lowest BCUT2D eigenvalue weighted by molar-refractivity contribution is 0.301.